The van der Waals surface area contributed by atoms with Gasteiger partial charge in [-0.05, 0) is 28.6 Å². The first-order valence-electron chi connectivity index (χ1n) is 4.76. The van der Waals surface area contributed by atoms with Gasteiger partial charge in [0.05, 0.1) is 6.26 Å². The second-order valence-corrected chi connectivity index (χ2v) is 5.71. The van der Waals surface area contributed by atoms with Crippen molar-refractivity contribution in [3.8, 4) is 5.69 Å². The highest BCUT2D eigenvalue weighted by Crippen LogP contribution is 2.15. The van der Waals surface area contributed by atoms with Gasteiger partial charge in [-0.1, -0.05) is 16.4 Å². The van der Waals surface area contributed by atoms with Gasteiger partial charge in [-0.2, -0.15) is 9.51 Å². The Morgan fingerprint density at radius 3 is 2.63 bits per heavy atom. The number of halogens is 2. The Morgan fingerprint density at radius 1 is 1.37 bits per heavy atom. The van der Waals surface area contributed by atoms with Crippen molar-refractivity contribution in [1.82, 2.24) is 19.9 Å². The Bertz CT molecular complexity index is 784. The molecule has 0 atom stereocenters. The van der Waals surface area contributed by atoms with E-state index in [1.54, 1.807) is 4.83 Å². The Hall–Kier alpha value is -1.94. The summed E-state index contributed by atoms with van der Waals surface area (Å²) >= 11 is 5.58. The zero-order chi connectivity index (χ0) is 14.2. The third kappa shape index (κ3) is 2.90. The molecule has 2 aromatic rings. The fraction of sp³-hybridized carbons (Fsp3) is 0.125. The summed E-state index contributed by atoms with van der Waals surface area (Å²) in [6, 6.07) is 3.57. The average Bonchev–Trinajstić information content (AvgIpc) is 2.59. The lowest BCUT2D eigenvalue weighted by Gasteiger charge is -2.01. The Morgan fingerprint density at radius 2 is 2.05 bits per heavy atom. The minimum Gasteiger partial charge on any atom is -0.242 e. The lowest BCUT2D eigenvalue weighted by atomic mass is 10.3. The van der Waals surface area contributed by atoms with Crippen molar-refractivity contribution in [3.63, 3.8) is 0 Å². The van der Waals surface area contributed by atoms with Gasteiger partial charge in [-0.3, -0.25) is 0 Å². The van der Waals surface area contributed by atoms with Gasteiger partial charge in [-0.15, -0.1) is 0 Å². The van der Waals surface area contributed by atoms with Crippen LogP contribution in [0.4, 0.5) is 4.39 Å². The number of benzene rings is 1. The van der Waals surface area contributed by atoms with Crippen LogP contribution in [0.5, 0.6) is 0 Å². The minimum absolute atomic E-state index is 0.149. The first-order valence-corrected chi connectivity index (χ1v) is 7.03. The van der Waals surface area contributed by atoms with Gasteiger partial charge < -0.3 is 0 Å². The quantitative estimate of drug-likeness (QED) is 0.841. The molecule has 0 aliphatic heterocycles. The van der Waals surface area contributed by atoms with Crippen LogP contribution in [0.25, 0.3) is 5.69 Å². The number of rotatable bonds is 3. The van der Waals surface area contributed by atoms with E-state index in [1.807, 2.05) is 0 Å². The van der Waals surface area contributed by atoms with Crippen molar-refractivity contribution >= 4 is 21.6 Å². The summed E-state index contributed by atoms with van der Waals surface area (Å²) in [6.07, 6.45) is 0.835. The van der Waals surface area contributed by atoms with Gasteiger partial charge in [0.1, 0.15) is 5.69 Å². The van der Waals surface area contributed by atoms with Gasteiger partial charge in [0.25, 0.3) is 0 Å². The van der Waals surface area contributed by atoms with Crippen LogP contribution in [-0.4, -0.2) is 34.6 Å². The molecule has 102 valence electrons. The summed E-state index contributed by atoms with van der Waals surface area (Å²) in [6.45, 7) is 0. The van der Waals surface area contributed by atoms with Crippen molar-refractivity contribution in [2.75, 3.05) is 11.1 Å². The molecule has 0 radical (unpaired) electrons. The smallest absolute Gasteiger partial charge is 0.242 e. The summed E-state index contributed by atoms with van der Waals surface area (Å²) in [5, 5.41) is 6.78. The van der Waals surface area contributed by atoms with E-state index in [0.717, 1.165) is 12.3 Å². The number of hydrogen-bond donors (Lipinski definition) is 1. The third-order valence-electron chi connectivity index (χ3n) is 1.97. The van der Waals surface area contributed by atoms with Crippen molar-refractivity contribution in [3.05, 3.63) is 39.5 Å². The summed E-state index contributed by atoms with van der Waals surface area (Å²) in [5.41, 5.74) is -1.16. The van der Waals surface area contributed by atoms with Crippen molar-refractivity contribution in [1.29, 1.82) is 0 Å². The number of nitrogens with one attached hydrogen (secondary N) is 1. The van der Waals surface area contributed by atoms with E-state index in [9.17, 15) is 17.6 Å². The van der Waals surface area contributed by atoms with E-state index in [2.05, 4.69) is 10.4 Å². The molecule has 1 aromatic carbocycles. The van der Waals surface area contributed by atoms with Gasteiger partial charge in [-0.25, -0.2) is 17.6 Å². The highest BCUT2D eigenvalue weighted by Gasteiger charge is 2.14. The fourth-order valence-corrected chi connectivity index (χ4v) is 1.85. The standard InChI is InChI=1S/C8H7ClFN5O3S/c1-19(17,18)13-15-8(16)14(11-12-15)7-3-2-5(9)4-6(7)10/h2-4,13H,1H3. The molecule has 0 spiro atoms. The van der Waals surface area contributed by atoms with Crippen molar-refractivity contribution < 1.29 is 12.8 Å². The van der Waals surface area contributed by atoms with E-state index in [-0.39, 0.29) is 10.7 Å². The maximum Gasteiger partial charge on any atom is 0.388 e. The second-order valence-electron chi connectivity index (χ2n) is 3.54. The highest BCUT2D eigenvalue weighted by molar-refractivity contribution is 7.91. The molecule has 0 saturated heterocycles. The molecule has 0 bridgehead atoms. The van der Waals surface area contributed by atoms with Gasteiger partial charge in [0, 0.05) is 5.02 Å². The van der Waals surface area contributed by atoms with Crippen LogP contribution < -0.4 is 10.5 Å². The molecular weight excluding hydrogens is 301 g/mol. The van der Waals surface area contributed by atoms with Gasteiger partial charge in [0.2, 0.25) is 10.0 Å². The Kier molecular flexibility index (Phi) is 3.28. The minimum atomic E-state index is -3.70. The molecule has 1 N–H and O–H groups in total. The van der Waals surface area contributed by atoms with E-state index in [1.165, 1.54) is 12.1 Å². The molecule has 0 unspecified atom stereocenters. The maximum atomic E-state index is 13.6. The first-order chi connectivity index (χ1) is 8.78. The molecule has 1 heterocycles. The number of sulfonamides is 1. The highest BCUT2D eigenvalue weighted by atomic mass is 35.5. The normalized spacial score (nSPS) is 11.5. The molecule has 11 heteroatoms. The molecule has 19 heavy (non-hydrogen) atoms. The molecule has 0 aliphatic carbocycles. The summed E-state index contributed by atoms with van der Waals surface area (Å²) < 4.78 is 36.1. The second kappa shape index (κ2) is 4.63. The maximum absolute atomic E-state index is 13.6. The molecule has 0 aliphatic rings. The van der Waals surface area contributed by atoms with Crippen LogP contribution in [0.3, 0.4) is 0 Å². The van der Waals surface area contributed by atoms with Gasteiger partial charge in [0.15, 0.2) is 5.82 Å². The van der Waals surface area contributed by atoms with Crippen LogP contribution >= 0.6 is 11.6 Å². The lowest BCUT2D eigenvalue weighted by molar-refractivity contribution is 0.594. The van der Waals surface area contributed by atoms with Crippen LogP contribution in [-0.2, 0) is 10.0 Å². The van der Waals surface area contributed by atoms with Crippen LogP contribution in [0, 0.1) is 5.82 Å². The SMILES string of the molecule is CS(=O)(=O)Nn1nnn(-c2ccc(Cl)cc2F)c1=O. The largest absolute Gasteiger partial charge is 0.388 e. The van der Waals surface area contributed by atoms with E-state index < -0.39 is 21.5 Å². The zero-order valence-corrected chi connectivity index (χ0v) is 11.0. The molecule has 0 fully saturated rings. The van der Waals surface area contributed by atoms with Crippen LogP contribution in [0.2, 0.25) is 5.02 Å². The number of nitrogens with zero attached hydrogens (tertiary/aromatic N) is 4. The first kappa shape index (κ1) is 13.5. The van der Waals surface area contributed by atoms with E-state index >= 15 is 0 Å². The molecule has 0 amide bonds. The number of hydrogen-bond acceptors (Lipinski definition) is 5. The number of tetrazole rings is 1. The molecule has 8 nitrogen and oxygen atoms in total. The average molecular weight is 308 g/mol. The molecule has 1 aromatic heterocycles. The summed E-state index contributed by atoms with van der Waals surface area (Å²) in [7, 11) is -3.70. The Balaban J connectivity index is 2.51. The lowest BCUT2D eigenvalue weighted by Crippen LogP contribution is -2.34. The summed E-state index contributed by atoms with van der Waals surface area (Å²) in [4.78, 5) is 13.9. The van der Waals surface area contributed by atoms with Crippen molar-refractivity contribution in [2.45, 2.75) is 0 Å². The van der Waals surface area contributed by atoms with Crippen LogP contribution in [0.15, 0.2) is 23.0 Å². The van der Waals surface area contributed by atoms with Gasteiger partial charge >= 0.3 is 5.69 Å². The summed E-state index contributed by atoms with van der Waals surface area (Å²) in [5.74, 6) is -0.791. The van der Waals surface area contributed by atoms with E-state index in [4.69, 9.17) is 11.6 Å². The molecule has 2 rings (SSSR count). The van der Waals surface area contributed by atoms with Crippen molar-refractivity contribution in [2.24, 2.45) is 0 Å². The number of aromatic nitrogens is 4. The third-order valence-corrected chi connectivity index (χ3v) is 2.71. The molecular formula is C8H7ClFN5O3S. The van der Waals surface area contributed by atoms with Crippen LogP contribution in [0.1, 0.15) is 0 Å². The van der Waals surface area contributed by atoms with E-state index in [0.29, 0.717) is 9.47 Å². The molecule has 0 saturated carbocycles. The zero-order valence-electron chi connectivity index (χ0n) is 9.41. The monoisotopic (exact) mass is 307 g/mol. The Labute approximate surface area is 111 Å². The fourth-order valence-electron chi connectivity index (χ4n) is 1.26. The predicted octanol–water partition coefficient (Wildman–Crippen LogP) is -0.275. The predicted molar refractivity (Wildman–Crippen MR) is 64.8 cm³/mol. The topological polar surface area (TPSA) is 98.9 Å².